The number of aryl methyl sites for hydroxylation is 1. The fourth-order valence-corrected chi connectivity index (χ4v) is 4.11. The molecule has 152 valence electrons. The van der Waals surface area contributed by atoms with Crippen LogP contribution in [0, 0.1) is 6.92 Å². The van der Waals surface area contributed by atoms with Crippen LogP contribution in [0.25, 0.3) is 0 Å². The quantitative estimate of drug-likeness (QED) is 0.703. The van der Waals surface area contributed by atoms with Crippen LogP contribution < -0.4 is 15.4 Å². The van der Waals surface area contributed by atoms with Crippen LogP contribution in [0.4, 0.5) is 4.79 Å². The average Bonchev–Trinajstić information content (AvgIpc) is 2.90. The predicted octanol–water partition coefficient (Wildman–Crippen LogP) is 2.31. The van der Waals surface area contributed by atoms with Gasteiger partial charge in [0, 0.05) is 19.5 Å². The number of nitrogens with zero attached hydrogens (tertiary/aromatic N) is 1. The van der Waals surface area contributed by atoms with Gasteiger partial charge in [0.2, 0.25) is 5.91 Å². The monoisotopic (exact) mass is 387 g/mol. The molecule has 1 aromatic carbocycles. The van der Waals surface area contributed by atoms with E-state index >= 15 is 0 Å². The predicted molar refractivity (Wildman–Crippen MR) is 105 cm³/mol. The summed E-state index contributed by atoms with van der Waals surface area (Å²) in [4.78, 5) is 38.3. The molecule has 0 unspecified atom stereocenters. The molecule has 1 aliphatic heterocycles. The van der Waals surface area contributed by atoms with Crippen molar-refractivity contribution in [1.82, 2.24) is 15.5 Å². The number of carbonyl (C=O) groups excluding carboxylic acids is 3. The third kappa shape index (κ3) is 4.29. The lowest BCUT2D eigenvalue weighted by Crippen LogP contribution is -2.48. The first-order valence-electron chi connectivity index (χ1n) is 9.99. The van der Waals surface area contributed by atoms with Gasteiger partial charge in [-0.1, -0.05) is 37.0 Å². The van der Waals surface area contributed by atoms with Crippen molar-refractivity contribution >= 4 is 17.8 Å². The van der Waals surface area contributed by atoms with Crippen molar-refractivity contribution in [2.24, 2.45) is 0 Å². The topological polar surface area (TPSA) is 87.7 Å². The van der Waals surface area contributed by atoms with E-state index in [-0.39, 0.29) is 30.8 Å². The minimum atomic E-state index is -0.729. The molecule has 1 aliphatic carbocycles. The highest BCUT2D eigenvalue weighted by atomic mass is 16.5. The summed E-state index contributed by atoms with van der Waals surface area (Å²) in [5, 5.41) is 5.73. The fraction of sp³-hybridized carbons (Fsp3) is 0.571. The van der Waals surface area contributed by atoms with E-state index in [2.05, 4.69) is 10.6 Å². The molecule has 0 aromatic heterocycles. The second kappa shape index (κ2) is 8.63. The van der Waals surface area contributed by atoms with Gasteiger partial charge in [0.05, 0.1) is 7.11 Å². The average molecular weight is 387 g/mol. The van der Waals surface area contributed by atoms with E-state index in [0.717, 1.165) is 36.1 Å². The number of benzene rings is 1. The smallest absolute Gasteiger partial charge is 0.325 e. The molecule has 2 aliphatic rings. The minimum absolute atomic E-state index is 0.111. The van der Waals surface area contributed by atoms with Gasteiger partial charge in [0.1, 0.15) is 11.3 Å². The Bertz CT molecular complexity index is 756. The molecule has 4 amide bonds. The van der Waals surface area contributed by atoms with Crippen LogP contribution in [-0.4, -0.2) is 48.5 Å². The summed E-state index contributed by atoms with van der Waals surface area (Å²) in [7, 11) is 1.63. The molecular formula is C21H29N3O4. The van der Waals surface area contributed by atoms with E-state index in [1.165, 1.54) is 4.90 Å². The SMILES string of the molecule is COc1ccc(C)cc1CCNC(=O)CCN1C(=O)NC2(CCCCC2)C1=O. The van der Waals surface area contributed by atoms with Gasteiger partial charge in [-0.05, 0) is 37.8 Å². The van der Waals surface area contributed by atoms with Crippen LogP contribution in [0.5, 0.6) is 5.75 Å². The number of urea groups is 1. The zero-order valence-electron chi connectivity index (χ0n) is 16.7. The lowest BCUT2D eigenvalue weighted by molar-refractivity contribution is -0.132. The van der Waals surface area contributed by atoms with Crippen LogP contribution in [0.2, 0.25) is 0 Å². The number of hydrogen-bond acceptors (Lipinski definition) is 4. The van der Waals surface area contributed by atoms with Gasteiger partial charge in [0.15, 0.2) is 0 Å². The zero-order chi connectivity index (χ0) is 20.1. The maximum atomic E-state index is 12.7. The summed E-state index contributed by atoms with van der Waals surface area (Å²) >= 11 is 0. The van der Waals surface area contributed by atoms with E-state index in [9.17, 15) is 14.4 Å². The maximum Gasteiger partial charge on any atom is 0.325 e. The van der Waals surface area contributed by atoms with Crippen molar-refractivity contribution in [2.75, 3.05) is 20.2 Å². The number of rotatable bonds is 7. The summed E-state index contributed by atoms with van der Waals surface area (Å²) in [5.41, 5.74) is 1.45. The Morgan fingerprint density at radius 3 is 2.71 bits per heavy atom. The molecule has 1 saturated heterocycles. The summed E-state index contributed by atoms with van der Waals surface area (Å²) < 4.78 is 5.35. The van der Waals surface area contributed by atoms with E-state index in [0.29, 0.717) is 25.8 Å². The first-order chi connectivity index (χ1) is 13.4. The molecule has 0 radical (unpaired) electrons. The number of amides is 4. The summed E-state index contributed by atoms with van der Waals surface area (Å²) in [6.45, 7) is 2.60. The second-order valence-electron chi connectivity index (χ2n) is 7.69. The Hall–Kier alpha value is -2.57. The Morgan fingerprint density at radius 1 is 1.25 bits per heavy atom. The lowest BCUT2D eigenvalue weighted by Gasteiger charge is -2.30. The highest BCUT2D eigenvalue weighted by Gasteiger charge is 2.50. The lowest BCUT2D eigenvalue weighted by atomic mass is 9.82. The molecule has 1 heterocycles. The minimum Gasteiger partial charge on any atom is -0.496 e. The van der Waals surface area contributed by atoms with Crippen LogP contribution >= 0.6 is 0 Å². The summed E-state index contributed by atoms with van der Waals surface area (Å²) in [5.74, 6) is 0.461. The first kappa shape index (κ1) is 20.2. The zero-order valence-corrected chi connectivity index (χ0v) is 16.7. The number of ether oxygens (including phenoxy) is 1. The van der Waals surface area contributed by atoms with E-state index in [4.69, 9.17) is 4.74 Å². The Balaban J connectivity index is 1.46. The van der Waals surface area contributed by atoms with Gasteiger partial charge in [-0.3, -0.25) is 14.5 Å². The van der Waals surface area contributed by atoms with Crippen LogP contribution in [0.1, 0.15) is 49.7 Å². The van der Waals surface area contributed by atoms with Crippen molar-refractivity contribution < 1.29 is 19.1 Å². The number of methoxy groups -OCH3 is 1. The Morgan fingerprint density at radius 2 is 2.00 bits per heavy atom. The van der Waals surface area contributed by atoms with Gasteiger partial charge in [-0.25, -0.2) is 4.79 Å². The Kier molecular flexibility index (Phi) is 6.21. The van der Waals surface area contributed by atoms with Crippen molar-refractivity contribution in [3.8, 4) is 5.75 Å². The van der Waals surface area contributed by atoms with Crippen molar-refractivity contribution in [1.29, 1.82) is 0 Å². The normalized spacial score (nSPS) is 18.3. The molecule has 1 aromatic rings. The third-order valence-electron chi connectivity index (χ3n) is 5.67. The van der Waals surface area contributed by atoms with Gasteiger partial charge < -0.3 is 15.4 Å². The molecular weight excluding hydrogens is 358 g/mol. The summed E-state index contributed by atoms with van der Waals surface area (Å²) in [6, 6.07) is 5.58. The highest BCUT2D eigenvalue weighted by molar-refractivity contribution is 6.07. The van der Waals surface area contributed by atoms with Crippen LogP contribution in [0.3, 0.4) is 0 Å². The van der Waals surface area contributed by atoms with Crippen molar-refractivity contribution in [2.45, 2.75) is 57.4 Å². The van der Waals surface area contributed by atoms with Crippen molar-refractivity contribution in [3.05, 3.63) is 29.3 Å². The number of carbonyl (C=O) groups is 3. The van der Waals surface area contributed by atoms with Gasteiger partial charge >= 0.3 is 6.03 Å². The molecule has 3 rings (SSSR count). The summed E-state index contributed by atoms with van der Waals surface area (Å²) in [6.07, 6.45) is 5.14. The largest absolute Gasteiger partial charge is 0.496 e. The maximum absolute atomic E-state index is 12.7. The molecule has 0 atom stereocenters. The first-order valence-corrected chi connectivity index (χ1v) is 9.99. The second-order valence-corrected chi connectivity index (χ2v) is 7.69. The van der Waals surface area contributed by atoms with Crippen LogP contribution in [0.15, 0.2) is 18.2 Å². The van der Waals surface area contributed by atoms with Gasteiger partial charge in [0.25, 0.3) is 5.91 Å². The molecule has 0 bridgehead atoms. The molecule has 7 nitrogen and oxygen atoms in total. The molecule has 2 fully saturated rings. The van der Waals surface area contributed by atoms with Crippen LogP contribution in [-0.2, 0) is 16.0 Å². The van der Waals surface area contributed by atoms with Crippen molar-refractivity contribution in [3.63, 3.8) is 0 Å². The molecule has 1 saturated carbocycles. The number of hydrogen-bond donors (Lipinski definition) is 2. The Labute approximate surface area is 165 Å². The number of imide groups is 1. The van der Waals surface area contributed by atoms with Gasteiger partial charge in [-0.2, -0.15) is 0 Å². The molecule has 2 N–H and O–H groups in total. The van der Waals surface area contributed by atoms with E-state index in [1.807, 2.05) is 25.1 Å². The van der Waals surface area contributed by atoms with E-state index < -0.39 is 5.54 Å². The fourth-order valence-electron chi connectivity index (χ4n) is 4.11. The molecule has 28 heavy (non-hydrogen) atoms. The van der Waals surface area contributed by atoms with Gasteiger partial charge in [-0.15, -0.1) is 0 Å². The van der Waals surface area contributed by atoms with E-state index in [1.54, 1.807) is 7.11 Å². The highest BCUT2D eigenvalue weighted by Crippen LogP contribution is 2.33. The third-order valence-corrected chi connectivity index (χ3v) is 5.67. The molecule has 1 spiro atoms. The standard InChI is InChI=1S/C21H29N3O4/c1-15-6-7-17(28-2)16(14-15)8-12-22-18(25)9-13-24-19(26)21(23-20(24)27)10-4-3-5-11-21/h6-7,14H,3-5,8-13H2,1-2H3,(H,22,25)(H,23,27). The number of nitrogens with one attached hydrogen (secondary N) is 2. The molecule has 7 heteroatoms.